The molecule has 4 aromatic heterocycles. The third-order valence-corrected chi connectivity index (χ3v) is 6.82. The van der Waals surface area contributed by atoms with Crippen molar-refractivity contribution in [3.8, 4) is 17.1 Å². The highest BCUT2D eigenvalue weighted by Crippen LogP contribution is 2.25. The van der Waals surface area contributed by atoms with Crippen molar-refractivity contribution in [1.29, 1.82) is 0 Å². The summed E-state index contributed by atoms with van der Waals surface area (Å²) in [5, 5.41) is 23.2. The number of fused-ring (bicyclic) bond motifs is 1. The summed E-state index contributed by atoms with van der Waals surface area (Å²) < 4.78 is 1.66. The Morgan fingerprint density at radius 3 is 2.91 bits per heavy atom. The lowest BCUT2D eigenvalue weighted by atomic mass is 10.2. The fraction of sp³-hybridized carbons (Fsp3) is 0.318. The minimum absolute atomic E-state index is 0.0841. The first-order valence-corrected chi connectivity index (χ1v) is 12.0. The fourth-order valence-corrected chi connectivity index (χ4v) is 4.77. The van der Waals surface area contributed by atoms with Crippen LogP contribution in [0.4, 0.5) is 0 Å². The van der Waals surface area contributed by atoms with E-state index >= 15 is 0 Å². The number of carbonyl (C=O) groups is 1. The second-order valence-corrected chi connectivity index (χ2v) is 9.45. The van der Waals surface area contributed by atoms with Crippen LogP contribution in [0.25, 0.3) is 23.0 Å². The van der Waals surface area contributed by atoms with Gasteiger partial charge in [-0.1, -0.05) is 0 Å². The second-order valence-electron chi connectivity index (χ2n) is 8.54. The van der Waals surface area contributed by atoms with Crippen LogP contribution in [-0.4, -0.2) is 60.8 Å². The quantitative estimate of drug-likeness (QED) is 0.270. The molecule has 1 amide bonds. The number of carbonyl (C=O) groups excluding carboxylic acids is 1. The molecule has 12 heteroatoms. The van der Waals surface area contributed by atoms with Crippen LogP contribution >= 0.6 is 11.3 Å². The van der Waals surface area contributed by atoms with E-state index in [-0.39, 0.29) is 29.6 Å². The third-order valence-electron chi connectivity index (χ3n) is 5.89. The van der Waals surface area contributed by atoms with Gasteiger partial charge in [-0.05, 0) is 37.9 Å². The van der Waals surface area contributed by atoms with Crippen molar-refractivity contribution in [1.82, 2.24) is 35.2 Å². The molecule has 1 unspecified atom stereocenters. The first-order valence-electron chi connectivity index (χ1n) is 11.1. The van der Waals surface area contributed by atoms with Crippen LogP contribution in [0.1, 0.15) is 34.6 Å². The topological polar surface area (TPSA) is 153 Å². The molecule has 5 N–H and O–H groups in total. The minimum atomic E-state index is -0.504. The average Bonchev–Trinajstić information content (AvgIpc) is 3.24. The van der Waals surface area contributed by atoms with E-state index in [4.69, 9.17) is 9.98 Å². The Labute approximate surface area is 196 Å². The van der Waals surface area contributed by atoms with Crippen molar-refractivity contribution in [3.63, 3.8) is 0 Å². The van der Waals surface area contributed by atoms with Crippen LogP contribution in [0.15, 0.2) is 33.5 Å². The number of hydrogen-bond acceptors (Lipinski definition) is 8. The zero-order valence-corrected chi connectivity index (χ0v) is 18.9. The van der Waals surface area contributed by atoms with E-state index in [1.807, 2.05) is 17.5 Å². The van der Waals surface area contributed by atoms with E-state index in [2.05, 4.69) is 25.7 Å². The molecular formula is C22H22N8O3S. The highest BCUT2D eigenvalue weighted by atomic mass is 32.1. The Morgan fingerprint density at radius 2 is 2.18 bits per heavy atom. The third kappa shape index (κ3) is 4.01. The summed E-state index contributed by atoms with van der Waals surface area (Å²) in [5.74, 6) is -0.339. The molecule has 1 aliphatic heterocycles. The number of thiophene rings is 1. The van der Waals surface area contributed by atoms with Gasteiger partial charge in [-0.15, -0.1) is 11.3 Å². The maximum atomic E-state index is 12.7. The molecule has 4 aromatic rings. The SMILES string of the molecule is O=C(NC1CCNC1)c1cc(-c2cc(=NC3CC3)n3ncc(=Cc4[nH]c(=O)[nH]c4O)c3n2)cs1. The molecule has 0 spiro atoms. The molecule has 34 heavy (non-hydrogen) atoms. The maximum Gasteiger partial charge on any atom is 0.326 e. The van der Waals surface area contributed by atoms with Gasteiger partial charge in [0.15, 0.2) is 11.1 Å². The van der Waals surface area contributed by atoms with E-state index in [1.54, 1.807) is 16.8 Å². The van der Waals surface area contributed by atoms with Gasteiger partial charge < -0.3 is 20.7 Å². The van der Waals surface area contributed by atoms with Gasteiger partial charge in [0.2, 0.25) is 5.88 Å². The standard InChI is InChI=1S/C22H22N8O3S/c31-20-16(28-22(33)29-20)5-11-8-24-30-18(25-13-1-2-13)7-15(27-19(11)30)12-6-17(34-10-12)21(32)26-14-3-4-23-9-14/h5-8,10,13-14,23,31H,1-4,9H2,(H,26,32)(H2,28,29,33). The van der Waals surface area contributed by atoms with Crippen molar-refractivity contribution < 1.29 is 9.90 Å². The summed E-state index contributed by atoms with van der Waals surface area (Å²) in [4.78, 5) is 39.2. The minimum Gasteiger partial charge on any atom is -0.493 e. The van der Waals surface area contributed by atoms with E-state index in [9.17, 15) is 14.7 Å². The summed E-state index contributed by atoms with van der Waals surface area (Å²) in [7, 11) is 0. The summed E-state index contributed by atoms with van der Waals surface area (Å²) in [5.41, 5.74) is 2.43. The summed E-state index contributed by atoms with van der Waals surface area (Å²) in [6, 6.07) is 4.14. The van der Waals surface area contributed by atoms with Crippen molar-refractivity contribution in [2.75, 3.05) is 13.1 Å². The number of rotatable bonds is 5. The fourth-order valence-electron chi connectivity index (χ4n) is 3.97. The normalized spacial score (nSPS) is 19.4. The van der Waals surface area contributed by atoms with Crippen molar-refractivity contribution >= 4 is 29.0 Å². The van der Waals surface area contributed by atoms with Crippen LogP contribution in [0.3, 0.4) is 0 Å². The van der Waals surface area contributed by atoms with Gasteiger partial charge in [-0.2, -0.15) is 9.61 Å². The molecule has 174 valence electrons. The zero-order chi connectivity index (χ0) is 23.2. The zero-order valence-electron chi connectivity index (χ0n) is 18.0. The van der Waals surface area contributed by atoms with Crippen LogP contribution < -0.4 is 27.0 Å². The van der Waals surface area contributed by atoms with E-state index < -0.39 is 5.69 Å². The van der Waals surface area contributed by atoms with Crippen LogP contribution in [0.5, 0.6) is 5.88 Å². The highest BCUT2D eigenvalue weighted by molar-refractivity contribution is 7.12. The van der Waals surface area contributed by atoms with Gasteiger partial charge in [-0.3, -0.25) is 14.8 Å². The maximum absolute atomic E-state index is 12.7. The summed E-state index contributed by atoms with van der Waals surface area (Å²) >= 11 is 1.38. The average molecular weight is 479 g/mol. The predicted molar refractivity (Wildman–Crippen MR) is 125 cm³/mol. The van der Waals surface area contributed by atoms with Crippen molar-refractivity contribution in [2.24, 2.45) is 4.99 Å². The molecule has 2 aliphatic rings. The van der Waals surface area contributed by atoms with Crippen LogP contribution in [-0.2, 0) is 0 Å². The number of nitrogens with zero attached hydrogens (tertiary/aromatic N) is 4. The molecule has 1 saturated heterocycles. The van der Waals surface area contributed by atoms with Gasteiger partial charge in [0.25, 0.3) is 5.91 Å². The molecule has 6 rings (SSSR count). The Balaban J connectivity index is 1.43. The number of aromatic amines is 2. The smallest absolute Gasteiger partial charge is 0.326 e. The number of H-pyrrole nitrogens is 2. The van der Waals surface area contributed by atoms with Gasteiger partial charge in [-0.25, -0.2) is 9.78 Å². The Bertz CT molecular complexity index is 1570. The molecule has 1 aliphatic carbocycles. The van der Waals surface area contributed by atoms with Crippen LogP contribution in [0.2, 0.25) is 0 Å². The Hall–Kier alpha value is -3.77. The lowest BCUT2D eigenvalue weighted by Gasteiger charge is -2.09. The first-order chi connectivity index (χ1) is 16.5. The molecule has 1 atom stereocenters. The monoisotopic (exact) mass is 478 g/mol. The Kier molecular flexibility index (Phi) is 5.03. The molecule has 5 heterocycles. The van der Waals surface area contributed by atoms with Gasteiger partial charge >= 0.3 is 5.69 Å². The molecule has 2 fully saturated rings. The first kappa shape index (κ1) is 20.8. The molecule has 0 radical (unpaired) electrons. The highest BCUT2D eigenvalue weighted by Gasteiger charge is 2.21. The van der Waals surface area contributed by atoms with Gasteiger partial charge in [0.05, 0.1) is 22.8 Å². The van der Waals surface area contributed by atoms with Crippen LogP contribution in [0, 0.1) is 0 Å². The number of nitrogens with one attached hydrogen (secondary N) is 4. The number of hydrogen-bond donors (Lipinski definition) is 5. The number of aromatic nitrogens is 5. The van der Waals surface area contributed by atoms with E-state index in [0.717, 1.165) is 37.9 Å². The second kappa shape index (κ2) is 8.22. The lowest BCUT2D eigenvalue weighted by molar-refractivity contribution is 0.0944. The lowest BCUT2D eigenvalue weighted by Crippen LogP contribution is -2.35. The molecule has 0 bridgehead atoms. The number of amides is 1. The predicted octanol–water partition coefficient (Wildman–Crippen LogP) is -0.118. The van der Waals surface area contributed by atoms with E-state index in [1.165, 1.54) is 11.3 Å². The van der Waals surface area contributed by atoms with Crippen molar-refractivity contribution in [3.05, 3.63) is 55.5 Å². The van der Waals surface area contributed by atoms with Gasteiger partial charge in [0.1, 0.15) is 5.69 Å². The van der Waals surface area contributed by atoms with E-state index in [0.29, 0.717) is 26.9 Å². The molecule has 11 nitrogen and oxygen atoms in total. The number of imidazole rings is 1. The summed E-state index contributed by atoms with van der Waals surface area (Å²) in [6.07, 6.45) is 6.23. The van der Waals surface area contributed by atoms with Crippen molar-refractivity contribution in [2.45, 2.75) is 31.3 Å². The Morgan fingerprint density at radius 1 is 1.29 bits per heavy atom. The molecular weight excluding hydrogens is 456 g/mol. The van der Waals surface area contributed by atoms with Gasteiger partial charge in [0, 0.05) is 34.8 Å². The molecule has 0 aromatic carbocycles. The summed E-state index contributed by atoms with van der Waals surface area (Å²) in [6.45, 7) is 1.70. The largest absolute Gasteiger partial charge is 0.493 e. The number of aromatic hydroxyl groups is 1. The molecule has 1 saturated carbocycles.